The Morgan fingerprint density at radius 3 is 2.78 bits per heavy atom. The predicted octanol–water partition coefficient (Wildman–Crippen LogP) is 4.60. The zero-order valence-corrected chi connectivity index (χ0v) is 18.1. The topological polar surface area (TPSA) is 94.9 Å². The molecule has 158 valence electrons. The van der Waals surface area contributed by atoms with Gasteiger partial charge in [0.1, 0.15) is 16.3 Å². The summed E-state index contributed by atoms with van der Waals surface area (Å²) in [6.07, 6.45) is 5.50. The summed E-state index contributed by atoms with van der Waals surface area (Å²) >= 11 is 1.57. The van der Waals surface area contributed by atoms with Gasteiger partial charge < -0.3 is 15.2 Å². The van der Waals surface area contributed by atoms with Gasteiger partial charge in [0.05, 0.1) is 17.0 Å². The molecule has 7 heteroatoms. The molecule has 1 aliphatic carbocycles. The van der Waals surface area contributed by atoms with E-state index in [9.17, 15) is 10.2 Å². The lowest BCUT2D eigenvalue weighted by atomic mass is 9.88. The summed E-state index contributed by atoms with van der Waals surface area (Å²) in [5.41, 5.74) is 2.94. The summed E-state index contributed by atoms with van der Waals surface area (Å²) in [4.78, 5) is 16.8. The molecular formula is C25H20N4O2S. The highest BCUT2D eigenvalue weighted by Crippen LogP contribution is 2.49. The molecule has 3 N–H and O–H groups in total. The maximum absolute atomic E-state index is 11.6. The van der Waals surface area contributed by atoms with E-state index < -0.39 is 11.2 Å². The molecule has 4 aromatic heterocycles. The van der Waals surface area contributed by atoms with Crippen LogP contribution in [0.25, 0.3) is 32.9 Å². The van der Waals surface area contributed by atoms with Crippen molar-refractivity contribution in [3.8, 4) is 21.8 Å². The molecule has 6 rings (SSSR count). The van der Waals surface area contributed by atoms with Crippen LogP contribution in [0.5, 0.6) is 0 Å². The first-order valence-corrected chi connectivity index (χ1v) is 11.2. The molecule has 6 nitrogen and oxygen atoms in total. The van der Waals surface area contributed by atoms with E-state index in [1.54, 1.807) is 36.7 Å². The van der Waals surface area contributed by atoms with Crippen LogP contribution in [0.2, 0.25) is 0 Å². The first-order chi connectivity index (χ1) is 15.5. The van der Waals surface area contributed by atoms with E-state index in [1.807, 2.05) is 54.0 Å². The zero-order valence-electron chi connectivity index (χ0n) is 17.3. The van der Waals surface area contributed by atoms with E-state index in [1.165, 1.54) is 0 Å². The van der Waals surface area contributed by atoms with Crippen molar-refractivity contribution in [2.24, 2.45) is 0 Å². The van der Waals surface area contributed by atoms with Gasteiger partial charge in [0.15, 0.2) is 0 Å². The van der Waals surface area contributed by atoms with Gasteiger partial charge in [-0.15, -0.1) is 11.3 Å². The molecule has 4 heterocycles. The Kier molecular flexibility index (Phi) is 4.10. The maximum Gasteiger partial charge on any atom is 0.137 e. The van der Waals surface area contributed by atoms with E-state index in [2.05, 4.69) is 15.0 Å². The Morgan fingerprint density at radius 1 is 1.03 bits per heavy atom. The maximum atomic E-state index is 11.6. The Bertz CT molecular complexity index is 1470. The molecule has 0 fully saturated rings. The van der Waals surface area contributed by atoms with Gasteiger partial charge in [-0.1, -0.05) is 24.3 Å². The first-order valence-electron chi connectivity index (χ1n) is 10.4. The normalized spacial score (nSPS) is 22.3. The molecule has 0 amide bonds. The van der Waals surface area contributed by atoms with Crippen LogP contribution in [-0.2, 0) is 11.2 Å². The summed E-state index contributed by atoms with van der Waals surface area (Å²) < 4.78 is 0. The van der Waals surface area contributed by atoms with Crippen LogP contribution in [0.1, 0.15) is 30.2 Å². The lowest BCUT2D eigenvalue weighted by molar-refractivity contribution is -0.0143. The van der Waals surface area contributed by atoms with E-state index >= 15 is 0 Å². The summed E-state index contributed by atoms with van der Waals surface area (Å²) in [5.74, 6) is 0. The molecule has 0 saturated carbocycles. The fraction of sp³-hybridized carbons (Fsp3) is 0.160. The highest BCUT2D eigenvalue weighted by atomic mass is 32.1. The second kappa shape index (κ2) is 6.80. The van der Waals surface area contributed by atoms with Crippen LogP contribution in [0, 0.1) is 0 Å². The van der Waals surface area contributed by atoms with Crippen LogP contribution >= 0.6 is 11.3 Å². The molecule has 0 unspecified atom stereocenters. The average Bonchev–Trinajstić information content (AvgIpc) is 3.50. The van der Waals surface area contributed by atoms with Crippen LogP contribution in [-0.4, -0.2) is 30.1 Å². The van der Waals surface area contributed by atoms with E-state index in [4.69, 9.17) is 4.98 Å². The first kappa shape index (κ1) is 19.3. The van der Waals surface area contributed by atoms with Gasteiger partial charge in [0.25, 0.3) is 0 Å². The Hall–Kier alpha value is -3.39. The third kappa shape index (κ3) is 2.82. The summed E-state index contributed by atoms with van der Waals surface area (Å²) in [5, 5.41) is 26.5. The minimum atomic E-state index is -1.36. The van der Waals surface area contributed by atoms with Gasteiger partial charge >= 0.3 is 0 Å². The molecule has 32 heavy (non-hydrogen) atoms. The third-order valence-electron chi connectivity index (χ3n) is 6.20. The van der Waals surface area contributed by atoms with Crippen molar-refractivity contribution in [1.82, 2.24) is 19.9 Å². The van der Waals surface area contributed by atoms with Gasteiger partial charge in [-0.3, -0.25) is 4.98 Å². The highest BCUT2D eigenvalue weighted by molar-refractivity contribution is 7.13. The molecule has 5 aromatic rings. The lowest BCUT2D eigenvalue weighted by Gasteiger charge is -2.25. The zero-order chi connectivity index (χ0) is 21.9. The van der Waals surface area contributed by atoms with E-state index in [0.717, 1.165) is 32.9 Å². The second-order valence-electron chi connectivity index (χ2n) is 8.43. The number of aromatic nitrogens is 4. The van der Waals surface area contributed by atoms with Gasteiger partial charge in [-0.25, -0.2) is 9.97 Å². The monoisotopic (exact) mass is 440 g/mol. The van der Waals surface area contributed by atoms with Crippen LogP contribution in [0.4, 0.5) is 0 Å². The molecule has 0 saturated heterocycles. The summed E-state index contributed by atoms with van der Waals surface area (Å²) in [7, 11) is 0. The number of H-pyrrole nitrogens is 1. The number of thiazole rings is 1. The number of pyridine rings is 2. The SMILES string of the molecule is C[C@@]1(O)C[C@@](O)(c2cccc(-c3csc(-c4c[nH]c5ncccc45)n3)c2)c2ncccc21. The second-order valence-corrected chi connectivity index (χ2v) is 9.29. The van der Waals surface area contributed by atoms with Crippen molar-refractivity contribution in [2.45, 2.75) is 24.5 Å². The largest absolute Gasteiger partial charge is 0.385 e. The van der Waals surface area contributed by atoms with Crippen LogP contribution in [0.15, 0.2) is 72.5 Å². The highest BCUT2D eigenvalue weighted by Gasteiger charge is 2.50. The molecule has 1 aromatic carbocycles. The van der Waals surface area contributed by atoms with Crippen molar-refractivity contribution >= 4 is 22.4 Å². The minimum Gasteiger partial charge on any atom is -0.385 e. The summed E-state index contributed by atoms with van der Waals surface area (Å²) in [6, 6.07) is 15.3. The Balaban J connectivity index is 1.41. The number of benzene rings is 1. The van der Waals surface area contributed by atoms with Crippen molar-refractivity contribution < 1.29 is 10.2 Å². The lowest BCUT2D eigenvalue weighted by Crippen LogP contribution is -2.28. The predicted molar refractivity (Wildman–Crippen MR) is 124 cm³/mol. The molecular weight excluding hydrogens is 420 g/mol. The van der Waals surface area contributed by atoms with E-state index in [-0.39, 0.29) is 6.42 Å². The third-order valence-corrected chi connectivity index (χ3v) is 7.08. The fourth-order valence-corrected chi connectivity index (χ4v) is 5.54. The molecule has 1 aliphatic rings. The van der Waals surface area contributed by atoms with Gasteiger partial charge in [-0.2, -0.15) is 0 Å². The number of nitrogens with one attached hydrogen (secondary N) is 1. The minimum absolute atomic E-state index is 0.153. The van der Waals surface area contributed by atoms with Gasteiger partial charge in [0.2, 0.25) is 0 Å². The van der Waals surface area contributed by atoms with Crippen molar-refractivity contribution in [1.29, 1.82) is 0 Å². The molecule has 0 aliphatic heterocycles. The average molecular weight is 441 g/mol. The number of hydrogen-bond acceptors (Lipinski definition) is 6. The van der Waals surface area contributed by atoms with Crippen LogP contribution in [0.3, 0.4) is 0 Å². The van der Waals surface area contributed by atoms with Gasteiger partial charge in [0, 0.05) is 52.5 Å². The fourth-order valence-electron chi connectivity index (χ4n) is 4.68. The summed E-state index contributed by atoms with van der Waals surface area (Å²) in [6.45, 7) is 1.72. The Morgan fingerprint density at radius 2 is 1.88 bits per heavy atom. The van der Waals surface area contributed by atoms with E-state index in [0.29, 0.717) is 16.8 Å². The number of nitrogens with zero attached hydrogens (tertiary/aromatic N) is 3. The number of fused-ring (bicyclic) bond motifs is 2. The number of hydrogen-bond donors (Lipinski definition) is 3. The quantitative estimate of drug-likeness (QED) is 0.381. The van der Waals surface area contributed by atoms with Crippen LogP contribution < -0.4 is 0 Å². The van der Waals surface area contributed by atoms with Crippen molar-refractivity contribution in [3.63, 3.8) is 0 Å². The molecule has 2 atom stereocenters. The number of aliphatic hydroxyl groups is 2. The molecule has 0 radical (unpaired) electrons. The van der Waals surface area contributed by atoms with Crippen molar-refractivity contribution in [3.05, 3.63) is 89.3 Å². The number of rotatable bonds is 3. The smallest absolute Gasteiger partial charge is 0.137 e. The Labute approximate surface area is 188 Å². The molecule has 0 spiro atoms. The number of aromatic amines is 1. The molecule has 0 bridgehead atoms. The van der Waals surface area contributed by atoms with Crippen molar-refractivity contribution in [2.75, 3.05) is 0 Å². The standard InChI is InChI=1S/C25H20N4O2S/c1-24(30)14-25(31,21-19(24)8-4-9-26-21)16-6-2-5-15(11-16)20-13-32-23(29-20)18-12-28-22-17(18)7-3-10-27-22/h2-13,30-31H,14H2,1H3,(H,27,28)/t24-,25-/m1/s1. The van der Waals surface area contributed by atoms with Gasteiger partial charge in [-0.05, 0) is 36.8 Å².